The summed E-state index contributed by atoms with van der Waals surface area (Å²) < 4.78 is 21.5. The van der Waals surface area contributed by atoms with Gasteiger partial charge >= 0.3 is 19.1 Å². The van der Waals surface area contributed by atoms with Crippen LogP contribution in [0.1, 0.15) is 33.3 Å². The summed E-state index contributed by atoms with van der Waals surface area (Å²) >= 11 is 0. The molecule has 1 aromatic rings. The Kier molecular flexibility index (Phi) is 6.02. The molecule has 0 aliphatic carbocycles. The van der Waals surface area contributed by atoms with E-state index in [1.165, 1.54) is 14.2 Å². The van der Waals surface area contributed by atoms with Gasteiger partial charge in [-0.3, -0.25) is 0 Å². The zero-order valence-electron chi connectivity index (χ0n) is 16.8. The van der Waals surface area contributed by atoms with E-state index in [0.29, 0.717) is 5.69 Å². The van der Waals surface area contributed by atoms with Crippen molar-refractivity contribution in [3.05, 3.63) is 35.5 Å². The SMILES string of the molecule is COC(=O)/C=C(/Nc1cc(B2OC(C)(C)C(C)(C)O2)ccc1C)C(=O)OC. The Bertz CT molecular complexity index is 755. The van der Waals surface area contributed by atoms with Crippen LogP contribution >= 0.6 is 0 Å². The molecule has 27 heavy (non-hydrogen) atoms. The van der Waals surface area contributed by atoms with E-state index in [-0.39, 0.29) is 5.70 Å². The molecule has 7 nitrogen and oxygen atoms in total. The maximum absolute atomic E-state index is 12.0. The van der Waals surface area contributed by atoms with Crippen LogP contribution in [-0.2, 0) is 28.4 Å². The predicted molar refractivity (Wildman–Crippen MR) is 103 cm³/mol. The molecule has 0 bridgehead atoms. The number of carbonyl (C=O) groups is 2. The van der Waals surface area contributed by atoms with Gasteiger partial charge in [-0.2, -0.15) is 0 Å². The van der Waals surface area contributed by atoms with E-state index in [1.54, 1.807) is 0 Å². The van der Waals surface area contributed by atoms with Crippen molar-refractivity contribution in [2.45, 2.75) is 45.8 Å². The second kappa shape index (κ2) is 7.74. The maximum Gasteiger partial charge on any atom is 0.494 e. The van der Waals surface area contributed by atoms with Gasteiger partial charge in [0, 0.05) is 5.69 Å². The molecular weight excluding hydrogens is 349 g/mol. The molecule has 1 aliphatic rings. The van der Waals surface area contributed by atoms with E-state index in [4.69, 9.17) is 14.0 Å². The van der Waals surface area contributed by atoms with E-state index < -0.39 is 30.3 Å². The van der Waals surface area contributed by atoms with Crippen molar-refractivity contribution in [1.82, 2.24) is 0 Å². The normalized spacial score (nSPS) is 18.2. The van der Waals surface area contributed by atoms with E-state index in [1.807, 2.05) is 52.8 Å². The zero-order chi connectivity index (χ0) is 20.4. The molecule has 1 heterocycles. The molecule has 1 saturated heterocycles. The smallest absolute Gasteiger partial charge is 0.466 e. The minimum atomic E-state index is -0.680. The second-order valence-corrected chi connectivity index (χ2v) is 7.36. The molecule has 1 aromatic carbocycles. The van der Waals surface area contributed by atoms with E-state index in [9.17, 15) is 9.59 Å². The zero-order valence-corrected chi connectivity index (χ0v) is 16.8. The van der Waals surface area contributed by atoms with Crippen molar-refractivity contribution in [3.63, 3.8) is 0 Å². The van der Waals surface area contributed by atoms with Crippen molar-refractivity contribution in [2.24, 2.45) is 0 Å². The fourth-order valence-corrected chi connectivity index (χ4v) is 2.48. The minimum absolute atomic E-state index is 0.0291. The van der Waals surface area contributed by atoms with Crippen molar-refractivity contribution < 1.29 is 28.4 Å². The van der Waals surface area contributed by atoms with E-state index in [0.717, 1.165) is 17.1 Å². The van der Waals surface area contributed by atoms with Crippen LogP contribution in [-0.4, -0.2) is 44.5 Å². The number of anilines is 1. The van der Waals surface area contributed by atoms with Gasteiger partial charge in [0.2, 0.25) is 0 Å². The van der Waals surface area contributed by atoms with Crippen LogP contribution in [0.4, 0.5) is 5.69 Å². The van der Waals surface area contributed by atoms with Gasteiger partial charge in [0.25, 0.3) is 0 Å². The Labute approximate surface area is 160 Å². The number of ether oxygens (including phenoxy) is 2. The van der Waals surface area contributed by atoms with Crippen LogP contribution in [0.3, 0.4) is 0 Å². The molecule has 0 atom stereocenters. The molecule has 0 spiro atoms. The molecule has 8 heteroatoms. The van der Waals surface area contributed by atoms with Crippen molar-refractivity contribution in [2.75, 3.05) is 19.5 Å². The van der Waals surface area contributed by atoms with Gasteiger partial charge in [-0.25, -0.2) is 9.59 Å². The fraction of sp³-hybridized carbons (Fsp3) is 0.474. The lowest BCUT2D eigenvalue weighted by molar-refractivity contribution is -0.138. The van der Waals surface area contributed by atoms with Gasteiger partial charge in [0.1, 0.15) is 5.70 Å². The summed E-state index contributed by atoms with van der Waals surface area (Å²) in [6, 6.07) is 5.62. The van der Waals surface area contributed by atoms with Crippen LogP contribution in [0.2, 0.25) is 0 Å². The molecule has 1 N–H and O–H groups in total. The summed E-state index contributed by atoms with van der Waals surface area (Å²) in [6.45, 7) is 9.80. The highest BCUT2D eigenvalue weighted by Crippen LogP contribution is 2.36. The number of hydrogen-bond acceptors (Lipinski definition) is 7. The summed E-state index contributed by atoms with van der Waals surface area (Å²) in [4.78, 5) is 23.5. The number of nitrogens with one attached hydrogen (secondary N) is 1. The minimum Gasteiger partial charge on any atom is -0.466 e. The van der Waals surface area contributed by atoms with Crippen molar-refractivity contribution in [1.29, 1.82) is 0 Å². The van der Waals surface area contributed by atoms with Gasteiger partial charge < -0.3 is 24.1 Å². The summed E-state index contributed by atoms with van der Waals surface area (Å²) in [5.74, 6) is -1.34. The average molecular weight is 375 g/mol. The highest BCUT2D eigenvalue weighted by molar-refractivity contribution is 6.62. The number of aryl methyl sites for hydroxylation is 1. The summed E-state index contributed by atoms with van der Waals surface area (Å²) in [5.41, 5.74) is 1.34. The van der Waals surface area contributed by atoms with Gasteiger partial charge in [-0.05, 0) is 51.7 Å². The standard InChI is InChI=1S/C19H26BNO6/c1-12-8-9-13(20-26-18(2,3)19(4,5)27-20)10-14(12)21-15(17(23)25-7)11-16(22)24-6/h8-11,21H,1-7H3/b15-11+. The largest absolute Gasteiger partial charge is 0.494 e. The molecule has 0 amide bonds. The third-order valence-corrected chi connectivity index (χ3v) is 4.93. The molecule has 146 valence electrons. The number of carbonyl (C=O) groups excluding carboxylic acids is 2. The van der Waals surface area contributed by atoms with Gasteiger partial charge in [-0.1, -0.05) is 12.1 Å². The quantitative estimate of drug-likeness (QED) is 0.478. The first-order valence-electron chi connectivity index (χ1n) is 8.62. The van der Waals surface area contributed by atoms with Gasteiger partial charge in [0.05, 0.1) is 31.5 Å². The molecule has 0 saturated carbocycles. The third kappa shape index (κ3) is 4.51. The van der Waals surface area contributed by atoms with Crippen LogP contribution < -0.4 is 10.8 Å². The maximum atomic E-state index is 12.0. The van der Waals surface area contributed by atoms with Crippen molar-refractivity contribution >= 4 is 30.2 Å². The Morgan fingerprint density at radius 3 is 2.19 bits per heavy atom. The fourth-order valence-electron chi connectivity index (χ4n) is 2.48. The van der Waals surface area contributed by atoms with E-state index in [2.05, 4.69) is 10.1 Å². The highest BCUT2D eigenvalue weighted by atomic mass is 16.7. The summed E-state index contributed by atoms with van der Waals surface area (Å²) in [6.07, 6.45) is 1.05. The summed E-state index contributed by atoms with van der Waals surface area (Å²) in [7, 11) is 1.93. The molecule has 1 fully saturated rings. The Balaban J connectivity index is 2.33. The van der Waals surface area contributed by atoms with Crippen LogP contribution in [0.5, 0.6) is 0 Å². The number of esters is 2. The van der Waals surface area contributed by atoms with Crippen LogP contribution in [0, 0.1) is 6.92 Å². The van der Waals surface area contributed by atoms with Gasteiger partial charge in [-0.15, -0.1) is 0 Å². The number of methoxy groups -OCH3 is 2. The first-order valence-corrected chi connectivity index (χ1v) is 8.62. The molecule has 0 radical (unpaired) electrons. The lowest BCUT2D eigenvalue weighted by atomic mass is 9.78. The summed E-state index contributed by atoms with van der Waals surface area (Å²) in [5, 5.41) is 2.94. The van der Waals surface area contributed by atoms with Crippen molar-refractivity contribution in [3.8, 4) is 0 Å². The molecule has 0 aromatic heterocycles. The van der Waals surface area contributed by atoms with Crippen LogP contribution in [0.25, 0.3) is 0 Å². The lowest BCUT2D eigenvalue weighted by Gasteiger charge is -2.32. The Morgan fingerprint density at radius 2 is 1.67 bits per heavy atom. The topological polar surface area (TPSA) is 83.1 Å². The van der Waals surface area contributed by atoms with E-state index >= 15 is 0 Å². The Hall–Kier alpha value is -2.32. The molecular formula is C19H26BNO6. The first kappa shape index (κ1) is 21.0. The number of hydrogen-bond donors (Lipinski definition) is 1. The average Bonchev–Trinajstić information content (AvgIpc) is 2.82. The second-order valence-electron chi connectivity index (χ2n) is 7.36. The number of benzene rings is 1. The Morgan fingerprint density at radius 1 is 1.07 bits per heavy atom. The van der Waals surface area contributed by atoms with Crippen LogP contribution in [0.15, 0.2) is 30.0 Å². The lowest BCUT2D eigenvalue weighted by Crippen LogP contribution is -2.41. The predicted octanol–water partition coefficient (Wildman–Crippen LogP) is 1.94. The highest BCUT2D eigenvalue weighted by Gasteiger charge is 2.51. The first-order chi connectivity index (χ1) is 12.5. The molecule has 0 unspecified atom stereocenters. The monoisotopic (exact) mass is 375 g/mol. The molecule has 1 aliphatic heterocycles. The molecule has 2 rings (SSSR count). The number of rotatable bonds is 5. The third-order valence-electron chi connectivity index (χ3n) is 4.93. The van der Waals surface area contributed by atoms with Gasteiger partial charge in [0.15, 0.2) is 0 Å².